The Labute approximate surface area is 160 Å². The Kier molecular flexibility index (Phi) is 4.62. The van der Waals surface area contributed by atoms with Crippen molar-refractivity contribution in [2.24, 2.45) is 0 Å². The van der Waals surface area contributed by atoms with E-state index in [1.165, 1.54) is 34.3 Å². The summed E-state index contributed by atoms with van der Waals surface area (Å²) in [5, 5.41) is 1.64. The molecular formula is C19H20FN3OS2. The summed E-state index contributed by atoms with van der Waals surface area (Å²) in [4.78, 5) is 11.3. The van der Waals surface area contributed by atoms with Gasteiger partial charge in [0.1, 0.15) is 16.5 Å². The van der Waals surface area contributed by atoms with E-state index in [0.29, 0.717) is 23.3 Å². The smallest absolute Gasteiger partial charge is 0.191 e. The highest BCUT2D eigenvalue weighted by Crippen LogP contribution is 2.41. The number of aromatic nitrogens is 2. The molecule has 0 radical (unpaired) electrons. The molecule has 0 saturated heterocycles. The Morgan fingerprint density at radius 2 is 2.08 bits per heavy atom. The molecule has 3 aromatic rings. The molecule has 3 heterocycles. The number of rotatable bonds is 4. The minimum Gasteiger partial charge on any atom is -0.383 e. The van der Waals surface area contributed by atoms with E-state index in [1.807, 2.05) is 0 Å². The summed E-state index contributed by atoms with van der Waals surface area (Å²) in [6.07, 6.45) is 1.80. The first-order chi connectivity index (χ1) is 12.5. The molecule has 0 amide bonds. The standard InChI is InChI=1S/C19H20FN3OS2/c1-3-19(2)8-13-14(9-24-19)26-17-15(13)16(21)22-18(23-17)25-10-11-4-6-12(20)7-5-11/h4-7H,3,8-10H2,1-2H3,(H2,21,22,23)/t19-/m0/s1. The number of benzene rings is 1. The molecule has 7 heteroatoms. The third kappa shape index (κ3) is 3.31. The normalized spacial score (nSPS) is 19.7. The Morgan fingerprint density at radius 1 is 1.31 bits per heavy atom. The number of halogens is 1. The lowest BCUT2D eigenvalue weighted by molar-refractivity contribution is -0.0542. The fourth-order valence-electron chi connectivity index (χ4n) is 3.10. The number of ether oxygens (including phenoxy) is 1. The van der Waals surface area contributed by atoms with Crippen molar-refractivity contribution < 1.29 is 9.13 Å². The molecule has 0 unspecified atom stereocenters. The van der Waals surface area contributed by atoms with E-state index in [-0.39, 0.29) is 11.4 Å². The van der Waals surface area contributed by atoms with E-state index < -0.39 is 0 Å². The first-order valence-electron chi connectivity index (χ1n) is 8.56. The van der Waals surface area contributed by atoms with Crippen LogP contribution in [0.25, 0.3) is 10.2 Å². The largest absolute Gasteiger partial charge is 0.383 e. The third-order valence-electron chi connectivity index (χ3n) is 4.87. The molecule has 0 saturated carbocycles. The number of hydrogen-bond acceptors (Lipinski definition) is 6. The molecule has 2 N–H and O–H groups in total. The molecule has 2 aromatic heterocycles. The van der Waals surface area contributed by atoms with Crippen LogP contribution in [0, 0.1) is 5.82 Å². The van der Waals surface area contributed by atoms with Gasteiger partial charge in [0, 0.05) is 17.1 Å². The van der Waals surface area contributed by atoms with Crippen molar-refractivity contribution in [2.45, 2.75) is 49.8 Å². The highest BCUT2D eigenvalue weighted by atomic mass is 32.2. The van der Waals surface area contributed by atoms with Gasteiger partial charge in [0.05, 0.1) is 17.6 Å². The zero-order valence-corrected chi connectivity index (χ0v) is 16.3. The van der Waals surface area contributed by atoms with Crippen molar-refractivity contribution in [1.82, 2.24) is 9.97 Å². The SMILES string of the molecule is CC[C@@]1(C)Cc2c(sc3nc(SCc4ccc(F)cc4)nc(N)c23)CO1. The van der Waals surface area contributed by atoms with Crippen LogP contribution in [-0.2, 0) is 23.5 Å². The zero-order valence-electron chi connectivity index (χ0n) is 14.7. The van der Waals surface area contributed by atoms with E-state index in [2.05, 4.69) is 18.8 Å². The molecule has 136 valence electrons. The van der Waals surface area contributed by atoms with Crippen molar-refractivity contribution in [2.75, 3.05) is 5.73 Å². The maximum atomic E-state index is 13.0. The minimum absolute atomic E-state index is 0.149. The second-order valence-electron chi connectivity index (χ2n) is 6.76. The van der Waals surface area contributed by atoms with Crippen LogP contribution < -0.4 is 5.73 Å². The first kappa shape index (κ1) is 17.7. The van der Waals surface area contributed by atoms with Crippen molar-refractivity contribution >= 4 is 39.1 Å². The molecular weight excluding hydrogens is 369 g/mol. The quantitative estimate of drug-likeness (QED) is 0.505. The second kappa shape index (κ2) is 6.79. The lowest BCUT2D eigenvalue weighted by Gasteiger charge is -2.33. The van der Waals surface area contributed by atoms with Gasteiger partial charge < -0.3 is 10.5 Å². The van der Waals surface area contributed by atoms with Gasteiger partial charge in [0.25, 0.3) is 0 Å². The molecule has 4 rings (SSSR count). The van der Waals surface area contributed by atoms with Crippen LogP contribution in [0.1, 0.15) is 36.3 Å². The molecule has 1 aromatic carbocycles. The highest BCUT2D eigenvalue weighted by molar-refractivity contribution is 7.98. The van der Waals surface area contributed by atoms with Gasteiger partial charge >= 0.3 is 0 Å². The van der Waals surface area contributed by atoms with Crippen LogP contribution in [0.2, 0.25) is 0 Å². The van der Waals surface area contributed by atoms with Crippen molar-refractivity contribution in [1.29, 1.82) is 0 Å². The molecule has 0 spiro atoms. The maximum Gasteiger partial charge on any atom is 0.191 e. The Hall–Kier alpha value is -1.70. The van der Waals surface area contributed by atoms with Crippen molar-refractivity contribution in [3.8, 4) is 0 Å². The van der Waals surface area contributed by atoms with Gasteiger partial charge in [-0.15, -0.1) is 11.3 Å². The summed E-state index contributed by atoms with van der Waals surface area (Å²) in [5.74, 6) is 0.980. The number of fused-ring (bicyclic) bond motifs is 3. The van der Waals surface area contributed by atoms with Crippen molar-refractivity contribution in [3.05, 3.63) is 46.1 Å². The summed E-state index contributed by atoms with van der Waals surface area (Å²) in [5.41, 5.74) is 8.41. The average molecular weight is 390 g/mol. The van der Waals surface area contributed by atoms with Gasteiger partial charge in [0.2, 0.25) is 0 Å². The van der Waals surface area contributed by atoms with E-state index >= 15 is 0 Å². The Balaban J connectivity index is 1.62. The lowest BCUT2D eigenvalue weighted by atomic mass is 9.90. The van der Waals surface area contributed by atoms with Gasteiger partial charge in [-0.1, -0.05) is 30.8 Å². The molecule has 26 heavy (non-hydrogen) atoms. The topological polar surface area (TPSA) is 61.0 Å². The summed E-state index contributed by atoms with van der Waals surface area (Å²) in [7, 11) is 0. The van der Waals surface area contributed by atoms with Gasteiger partial charge in [-0.3, -0.25) is 0 Å². The Bertz CT molecular complexity index is 958. The minimum atomic E-state index is -0.230. The van der Waals surface area contributed by atoms with Crippen LogP contribution in [0.4, 0.5) is 10.2 Å². The number of thioether (sulfide) groups is 1. The van der Waals surface area contributed by atoms with Gasteiger partial charge in [-0.2, -0.15) is 0 Å². The van der Waals surface area contributed by atoms with Crippen LogP contribution >= 0.6 is 23.1 Å². The number of nitrogens with zero attached hydrogens (tertiary/aromatic N) is 2. The fraction of sp³-hybridized carbons (Fsp3) is 0.368. The first-order valence-corrected chi connectivity index (χ1v) is 10.4. The van der Waals surface area contributed by atoms with Crippen LogP contribution in [0.3, 0.4) is 0 Å². The predicted molar refractivity (Wildman–Crippen MR) is 105 cm³/mol. The molecule has 1 aliphatic rings. The zero-order chi connectivity index (χ0) is 18.3. The fourth-order valence-corrected chi connectivity index (χ4v) is 5.08. The molecule has 1 atom stereocenters. The second-order valence-corrected chi connectivity index (χ2v) is 8.79. The van der Waals surface area contributed by atoms with Crippen molar-refractivity contribution in [3.63, 3.8) is 0 Å². The monoisotopic (exact) mass is 389 g/mol. The average Bonchev–Trinajstić information content (AvgIpc) is 2.99. The summed E-state index contributed by atoms with van der Waals surface area (Å²) in [6.45, 7) is 4.89. The maximum absolute atomic E-state index is 13.0. The number of hydrogen-bond donors (Lipinski definition) is 1. The van der Waals surface area contributed by atoms with E-state index in [9.17, 15) is 4.39 Å². The lowest BCUT2D eigenvalue weighted by Crippen LogP contribution is -2.33. The summed E-state index contributed by atoms with van der Waals surface area (Å²) >= 11 is 3.15. The molecule has 0 bridgehead atoms. The number of thiophene rings is 1. The van der Waals surface area contributed by atoms with Gasteiger partial charge in [0.15, 0.2) is 5.16 Å². The van der Waals surface area contributed by atoms with E-state index in [0.717, 1.165) is 28.6 Å². The Morgan fingerprint density at radius 3 is 2.81 bits per heavy atom. The molecule has 4 nitrogen and oxygen atoms in total. The van der Waals surface area contributed by atoms with E-state index in [4.69, 9.17) is 15.5 Å². The summed E-state index contributed by atoms with van der Waals surface area (Å²) < 4.78 is 19.1. The van der Waals surface area contributed by atoms with Gasteiger partial charge in [-0.05, 0) is 36.6 Å². The summed E-state index contributed by atoms with van der Waals surface area (Å²) in [6, 6.07) is 6.48. The van der Waals surface area contributed by atoms with Gasteiger partial charge in [-0.25, -0.2) is 14.4 Å². The van der Waals surface area contributed by atoms with Crippen LogP contribution in [0.15, 0.2) is 29.4 Å². The number of anilines is 1. The third-order valence-corrected chi connectivity index (χ3v) is 6.89. The van der Waals surface area contributed by atoms with E-state index in [1.54, 1.807) is 23.5 Å². The molecule has 0 aliphatic carbocycles. The highest BCUT2D eigenvalue weighted by Gasteiger charge is 2.32. The number of nitrogens with two attached hydrogens (primary N) is 1. The number of nitrogen functional groups attached to an aromatic ring is 1. The molecule has 0 fully saturated rings. The van der Waals surface area contributed by atoms with Crippen LogP contribution in [0.5, 0.6) is 0 Å². The predicted octanol–water partition coefficient (Wildman–Crippen LogP) is 4.95. The molecule has 1 aliphatic heterocycles. The van der Waals surface area contributed by atoms with Crippen LogP contribution in [-0.4, -0.2) is 15.6 Å².